The van der Waals surface area contributed by atoms with Crippen LogP contribution in [0.3, 0.4) is 0 Å². The number of pyridine rings is 1. The number of hydrogen-bond donors (Lipinski definition) is 1. The third kappa shape index (κ3) is 8.12. The Bertz CT molecular complexity index is 377. The van der Waals surface area contributed by atoms with E-state index in [0.717, 1.165) is 17.8 Å². The van der Waals surface area contributed by atoms with Gasteiger partial charge in [-0.25, -0.2) is 0 Å². The summed E-state index contributed by atoms with van der Waals surface area (Å²) in [6.07, 6.45) is -3.17. The van der Waals surface area contributed by atoms with Gasteiger partial charge in [0.05, 0.1) is 12.3 Å². The average Bonchev–Trinajstić information content (AvgIpc) is 2.36. The predicted octanol–water partition coefficient (Wildman–Crippen LogP) is 3.44. The summed E-state index contributed by atoms with van der Waals surface area (Å²) in [6, 6.07) is 4.18. The van der Waals surface area contributed by atoms with E-state index in [2.05, 4.69) is 24.1 Å². The van der Waals surface area contributed by atoms with Crippen molar-refractivity contribution in [1.29, 1.82) is 0 Å². The van der Waals surface area contributed by atoms with Gasteiger partial charge >= 0.3 is 6.18 Å². The second-order valence-electron chi connectivity index (χ2n) is 4.96. The Morgan fingerprint density at radius 2 is 2.05 bits per heavy atom. The molecule has 0 amide bonds. The molecule has 0 bridgehead atoms. The topological polar surface area (TPSA) is 34.1 Å². The zero-order chi connectivity index (χ0) is 15.0. The summed E-state index contributed by atoms with van der Waals surface area (Å²) in [5.41, 5.74) is 1.80. The fourth-order valence-electron chi connectivity index (χ4n) is 1.52. The monoisotopic (exact) mass is 290 g/mol. The molecule has 0 atom stereocenters. The van der Waals surface area contributed by atoms with Crippen LogP contribution in [-0.4, -0.2) is 23.8 Å². The maximum atomic E-state index is 11.9. The van der Waals surface area contributed by atoms with Crippen molar-refractivity contribution < 1.29 is 17.9 Å². The molecule has 0 unspecified atom stereocenters. The molecular weight excluding hydrogens is 269 g/mol. The number of rotatable bonds is 8. The van der Waals surface area contributed by atoms with E-state index in [4.69, 9.17) is 4.74 Å². The first-order chi connectivity index (χ1) is 9.37. The first-order valence-electron chi connectivity index (χ1n) is 6.68. The predicted molar refractivity (Wildman–Crippen MR) is 71.2 cm³/mol. The number of nitrogens with zero attached hydrogens (tertiary/aromatic N) is 1. The molecule has 1 rings (SSSR count). The minimum Gasteiger partial charge on any atom is -0.375 e. The van der Waals surface area contributed by atoms with E-state index >= 15 is 0 Å². The molecule has 20 heavy (non-hydrogen) atoms. The van der Waals surface area contributed by atoms with Crippen molar-refractivity contribution in [2.75, 3.05) is 6.61 Å². The Kier molecular flexibility index (Phi) is 6.95. The molecule has 3 nitrogen and oxygen atoms in total. The highest BCUT2D eigenvalue weighted by molar-refractivity contribution is 5.13. The summed E-state index contributed by atoms with van der Waals surface area (Å²) < 4.78 is 40.9. The van der Waals surface area contributed by atoms with Gasteiger partial charge in [0.2, 0.25) is 0 Å². The van der Waals surface area contributed by atoms with Crippen LogP contribution in [0.5, 0.6) is 0 Å². The highest BCUT2D eigenvalue weighted by Crippen LogP contribution is 2.21. The van der Waals surface area contributed by atoms with Crippen LogP contribution in [0.25, 0.3) is 0 Å². The smallest absolute Gasteiger partial charge is 0.375 e. The minimum atomic E-state index is -4.10. The molecule has 0 saturated carbocycles. The molecule has 1 heterocycles. The lowest BCUT2D eigenvalue weighted by molar-refractivity contribution is -0.138. The van der Waals surface area contributed by atoms with Crippen LogP contribution in [-0.2, 0) is 17.9 Å². The summed E-state index contributed by atoms with van der Waals surface area (Å²) in [7, 11) is 0. The molecule has 0 aliphatic rings. The highest BCUT2D eigenvalue weighted by Gasteiger charge is 2.25. The molecule has 1 aromatic heterocycles. The standard InChI is InChI=1S/C14H21F3N2O/c1-11(2)18-8-12-4-5-13(19-9-12)10-20-7-3-6-14(15,16)17/h4-5,9,11,18H,3,6-8,10H2,1-2H3. The fraction of sp³-hybridized carbons (Fsp3) is 0.643. The number of halogens is 3. The highest BCUT2D eigenvalue weighted by atomic mass is 19.4. The lowest BCUT2D eigenvalue weighted by atomic mass is 10.2. The molecule has 0 aromatic carbocycles. The van der Waals surface area contributed by atoms with Crippen LogP contribution in [0.2, 0.25) is 0 Å². The molecule has 6 heteroatoms. The van der Waals surface area contributed by atoms with Crippen molar-refractivity contribution in [3.63, 3.8) is 0 Å². The van der Waals surface area contributed by atoms with E-state index in [9.17, 15) is 13.2 Å². The third-order valence-corrected chi connectivity index (χ3v) is 2.60. The van der Waals surface area contributed by atoms with Crippen LogP contribution in [0.15, 0.2) is 18.3 Å². The molecule has 0 radical (unpaired) electrons. The third-order valence-electron chi connectivity index (χ3n) is 2.60. The van der Waals surface area contributed by atoms with Crippen LogP contribution < -0.4 is 5.32 Å². The zero-order valence-corrected chi connectivity index (χ0v) is 11.8. The molecule has 1 N–H and O–H groups in total. The number of ether oxygens (including phenoxy) is 1. The zero-order valence-electron chi connectivity index (χ0n) is 11.8. The Morgan fingerprint density at radius 1 is 1.30 bits per heavy atom. The normalized spacial score (nSPS) is 12.1. The molecule has 0 fully saturated rings. The lowest BCUT2D eigenvalue weighted by Crippen LogP contribution is -2.21. The summed E-state index contributed by atoms with van der Waals surface area (Å²) in [4.78, 5) is 4.22. The van der Waals surface area contributed by atoms with Crippen molar-refractivity contribution in [3.8, 4) is 0 Å². The Hall–Kier alpha value is -1.14. The maximum absolute atomic E-state index is 11.9. The SMILES string of the molecule is CC(C)NCc1ccc(COCCCC(F)(F)F)nc1. The molecule has 0 aliphatic heterocycles. The molecule has 1 aromatic rings. The number of alkyl halides is 3. The molecule has 114 valence electrons. The van der Waals surface area contributed by atoms with Gasteiger partial charge in [-0.15, -0.1) is 0 Å². The van der Waals surface area contributed by atoms with Crippen LogP contribution in [0.4, 0.5) is 13.2 Å². The summed E-state index contributed by atoms with van der Waals surface area (Å²) in [5, 5.41) is 3.28. The molecule has 0 saturated heterocycles. The van der Waals surface area contributed by atoms with Crippen LogP contribution >= 0.6 is 0 Å². The van der Waals surface area contributed by atoms with Crippen molar-refractivity contribution in [3.05, 3.63) is 29.6 Å². The van der Waals surface area contributed by atoms with Gasteiger partial charge < -0.3 is 10.1 Å². The summed E-state index contributed by atoms with van der Waals surface area (Å²) in [5.74, 6) is 0. The molecule has 0 aliphatic carbocycles. The number of hydrogen-bond acceptors (Lipinski definition) is 3. The van der Waals surface area contributed by atoms with E-state index in [0.29, 0.717) is 6.04 Å². The first-order valence-corrected chi connectivity index (χ1v) is 6.68. The quantitative estimate of drug-likeness (QED) is 0.745. The Labute approximate surface area is 117 Å². The molecular formula is C14H21F3N2O. The summed E-state index contributed by atoms with van der Waals surface area (Å²) in [6.45, 7) is 5.22. The molecule has 0 spiro atoms. The number of nitrogens with one attached hydrogen (secondary N) is 1. The first kappa shape index (κ1) is 16.9. The maximum Gasteiger partial charge on any atom is 0.389 e. The Morgan fingerprint density at radius 3 is 2.60 bits per heavy atom. The lowest BCUT2D eigenvalue weighted by Gasteiger charge is -2.09. The average molecular weight is 290 g/mol. The minimum absolute atomic E-state index is 0.0140. The fourth-order valence-corrected chi connectivity index (χ4v) is 1.52. The van der Waals surface area contributed by atoms with Gasteiger partial charge in [0, 0.05) is 31.8 Å². The van der Waals surface area contributed by atoms with Gasteiger partial charge in [0.1, 0.15) is 0 Å². The Balaban J connectivity index is 2.21. The van der Waals surface area contributed by atoms with Gasteiger partial charge in [-0.2, -0.15) is 13.2 Å². The van der Waals surface area contributed by atoms with Crippen LogP contribution in [0.1, 0.15) is 37.9 Å². The van der Waals surface area contributed by atoms with Gasteiger partial charge in [-0.1, -0.05) is 19.9 Å². The van der Waals surface area contributed by atoms with Gasteiger partial charge in [0.15, 0.2) is 0 Å². The number of aromatic nitrogens is 1. The van der Waals surface area contributed by atoms with Crippen molar-refractivity contribution in [2.45, 2.75) is 52.1 Å². The second-order valence-corrected chi connectivity index (χ2v) is 4.96. The van der Waals surface area contributed by atoms with Gasteiger partial charge in [-0.05, 0) is 18.1 Å². The summed E-state index contributed by atoms with van der Waals surface area (Å²) >= 11 is 0. The van der Waals surface area contributed by atoms with Gasteiger partial charge in [-0.3, -0.25) is 4.98 Å². The van der Waals surface area contributed by atoms with E-state index in [1.807, 2.05) is 12.1 Å². The van der Waals surface area contributed by atoms with E-state index < -0.39 is 12.6 Å². The van der Waals surface area contributed by atoms with Crippen molar-refractivity contribution in [1.82, 2.24) is 10.3 Å². The van der Waals surface area contributed by atoms with Crippen LogP contribution in [0, 0.1) is 0 Å². The van der Waals surface area contributed by atoms with Gasteiger partial charge in [0.25, 0.3) is 0 Å². The largest absolute Gasteiger partial charge is 0.389 e. The second kappa shape index (κ2) is 8.21. The van der Waals surface area contributed by atoms with Crippen molar-refractivity contribution >= 4 is 0 Å². The van der Waals surface area contributed by atoms with E-state index in [1.54, 1.807) is 6.20 Å². The van der Waals surface area contributed by atoms with E-state index in [1.165, 1.54) is 0 Å². The van der Waals surface area contributed by atoms with E-state index in [-0.39, 0.29) is 19.6 Å². The van der Waals surface area contributed by atoms with Crippen molar-refractivity contribution in [2.24, 2.45) is 0 Å².